The lowest BCUT2D eigenvalue weighted by molar-refractivity contribution is 0.0738. The number of benzene rings is 1. The fourth-order valence-corrected chi connectivity index (χ4v) is 1.36. The second-order valence-electron chi connectivity index (χ2n) is 3.24. The molecule has 0 spiro atoms. The molecule has 4 heteroatoms. The molecule has 0 fully saturated rings. The first-order valence-corrected chi connectivity index (χ1v) is 4.96. The number of hydrogen-bond donors (Lipinski definition) is 1. The van der Waals surface area contributed by atoms with Crippen molar-refractivity contribution in [3.8, 4) is 0 Å². The highest BCUT2D eigenvalue weighted by molar-refractivity contribution is 5.94. The predicted molar refractivity (Wildman–Crippen MR) is 59.6 cm³/mol. The van der Waals surface area contributed by atoms with Gasteiger partial charge in [0, 0.05) is 13.1 Å². The first-order valence-electron chi connectivity index (χ1n) is 4.96. The number of carbonyl (C=O) groups excluding carboxylic acids is 1. The highest BCUT2D eigenvalue weighted by atomic mass is 19.1. The Balaban J connectivity index is 2.89. The molecule has 86 valence electrons. The van der Waals surface area contributed by atoms with Crippen LogP contribution in [0.1, 0.15) is 10.4 Å². The molecule has 1 N–H and O–H groups in total. The van der Waals surface area contributed by atoms with Crippen molar-refractivity contribution in [3.63, 3.8) is 0 Å². The molecular formula is C12H14FNO2. The minimum atomic E-state index is -0.556. The molecule has 16 heavy (non-hydrogen) atoms. The first-order chi connectivity index (χ1) is 7.70. The van der Waals surface area contributed by atoms with Gasteiger partial charge in [0.2, 0.25) is 0 Å². The van der Waals surface area contributed by atoms with E-state index in [0.29, 0.717) is 0 Å². The maximum absolute atomic E-state index is 13.3. The molecule has 0 bridgehead atoms. The highest BCUT2D eigenvalue weighted by Crippen LogP contribution is 2.09. The molecule has 0 unspecified atom stereocenters. The number of rotatable bonds is 5. The van der Waals surface area contributed by atoms with Crippen LogP contribution >= 0.6 is 0 Å². The van der Waals surface area contributed by atoms with Gasteiger partial charge in [-0.1, -0.05) is 18.2 Å². The average molecular weight is 223 g/mol. The summed E-state index contributed by atoms with van der Waals surface area (Å²) in [6.45, 7) is 3.80. The van der Waals surface area contributed by atoms with Crippen molar-refractivity contribution in [2.75, 3.05) is 19.7 Å². The second kappa shape index (κ2) is 6.02. The van der Waals surface area contributed by atoms with Crippen LogP contribution in [0.15, 0.2) is 36.9 Å². The van der Waals surface area contributed by atoms with Gasteiger partial charge in [-0.15, -0.1) is 6.58 Å². The number of nitrogens with zero attached hydrogens (tertiary/aromatic N) is 1. The van der Waals surface area contributed by atoms with Crippen molar-refractivity contribution in [2.45, 2.75) is 0 Å². The van der Waals surface area contributed by atoms with Gasteiger partial charge >= 0.3 is 0 Å². The van der Waals surface area contributed by atoms with E-state index in [2.05, 4.69) is 6.58 Å². The average Bonchev–Trinajstić information content (AvgIpc) is 2.28. The summed E-state index contributed by atoms with van der Waals surface area (Å²) in [6, 6.07) is 5.78. The lowest BCUT2D eigenvalue weighted by Crippen LogP contribution is -2.34. The van der Waals surface area contributed by atoms with Crippen molar-refractivity contribution < 1.29 is 14.3 Å². The molecule has 0 aliphatic carbocycles. The molecular weight excluding hydrogens is 209 g/mol. The Hall–Kier alpha value is -1.68. The summed E-state index contributed by atoms with van der Waals surface area (Å²) in [5, 5.41) is 8.81. The van der Waals surface area contributed by atoms with Gasteiger partial charge in [-0.25, -0.2) is 4.39 Å². The summed E-state index contributed by atoms with van der Waals surface area (Å²) >= 11 is 0. The maximum atomic E-state index is 13.3. The van der Waals surface area contributed by atoms with Crippen LogP contribution in [0.3, 0.4) is 0 Å². The van der Waals surface area contributed by atoms with Crippen LogP contribution in [0.5, 0.6) is 0 Å². The Bertz CT molecular complexity index is 379. The van der Waals surface area contributed by atoms with E-state index >= 15 is 0 Å². The van der Waals surface area contributed by atoms with Crippen molar-refractivity contribution >= 4 is 5.91 Å². The lowest BCUT2D eigenvalue weighted by Gasteiger charge is -2.20. The highest BCUT2D eigenvalue weighted by Gasteiger charge is 2.17. The number of aliphatic hydroxyl groups is 1. The van der Waals surface area contributed by atoms with E-state index in [1.165, 1.54) is 29.2 Å². The van der Waals surface area contributed by atoms with Crippen LogP contribution in [-0.2, 0) is 0 Å². The fraction of sp³-hybridized carbons (Fsp3) is 0.250. The topological polar surface area (TPSA) is 40.5 Å². The van der Waals surface area contributed by atoms with E-state index in [9.17, 15) is 9.18 Å². The summed E-state index contributed by atoms with van der Waals surface area (Å²) in [5.41, 5.74) is 0.0119. The molecule has 0 heterocycles. The Morgan fingerprint density at radius 1 is 1.50 bits per heavy atom. The van der Waals surface area contributed by atoms with Crippen molar-refractivity contribution in [3.05, 3.63) is 48.3 Å². The van der Waals surface area contributed by atoms with Crippen molar-refractivity contribution in [2.24, 2.45) is 0 Å². The largest absolute Gasteiger partial charge is 0.395 e. The molecule has 0 atom stereocenters. The van der Waals surface area contributed by atoms with E-state index in [4.69, 9.17) is 5.11 Å². The summed E-state index contributed by atoms with van der Waals surface area (Å²) in [5.74, 6) is -0.994. The number of hydrogen-bond acceptors (Lipinski definition) is 2. The van der Waals surface area contributed by atoms with Crippen molar-refractivity contribution in [1.82, 2.24) is 4.90 Å². The van der Waals surface area contributed by atoms with Gasteiger partial charge in [0.1, 0.15) is 5.82 Å². The molecule has 0 radical (unpaired) electrons. The van der Waals surface area contributed by atoms with Crippen LogP contribution in [0.25, 0.3) is 0 Å². The minimum Gasteiger partial charge on any atom is -0.395 e. The van der Waals surface area contributed by atoms with Crippen LogP contribution in [0, 0.1) is 5.82 Å². The second-order valence-corrected chi connectivity index (χ2v) is 3.24. The molecule has 0 aliphatic rings. The smallest absolute Gasteiger partial charge is 0.257 e. The van der Waals surface area contributed by atoms with Crippen molar-refractivity contribution in [1.29, 1.82) is 0 Å². The van der Waals surface area contributed by atoms with E-state index in [0.717, 1.165) is 0 Å². The molecule has 0 saturated carbocycles. The van der Waals surface area contributed by atoms with Crippen LogP contribution in [0.2, 0.25) is 0 Å². The van der Waals surface area contributed by atoms with Crippen LogP contribution in [-0.4, -0.2) is 35.6 Å². The summed E-state index contributed by atoms with van der Waals surface area (Å²) in [7, 11) is 0. The summed E-state index contributed by atoms with van der Waals surface area (Å²) in [4.78, 5) is 13.2. The molecule has 1 rings (SSSR count). The standard InChI is InChI=1S/C12H14FNO2/c1-2-7-14(8-9-15)12(16)10-5-3-4-6-11(10)13/h2-6,15H,1,7-9H2. The zero-order chi connectivity index (χ0) is 12.0. The third kappa shape index (κ3) is 2.90. The molecule has 0 aromatic heterocycles. The molecule has 1 amide bonds. The quantitative estimate of drug-likeness (QED) is 0.767. The zero-order valence-corrected chi connectivity index (χ0v) is 8.90. The minimum absolute atomic E-state index is 0.0119. The van der Waals surface area contributed by atoms with Gasteiger partial charge in [-0.05, 0) is 12.1 Å². The Labute approximate surface area is 93.8 Å². The first kappa shape index (κ1) is 12.4. The van der Waals surface area contributed by atoms with Crippen LogP contribution in [0.4, 0.5) is 4.39 Å². The molecule has 1 aromatic rings. The zero-order valence-electron chi connectivity index (χ0n) is 8.90. The Morgan fingerprint density at radius 2 is 2.19 bits per heavy atom. The fourth-order valence-electron chi connectivity index (χ4n) is 1.36. The van der Waals surface area contributed by atoms with E-state index < -0.39 is 11.7 Å². The summed E-state index contributed by atoms with van der Waals surface area (Å²) < 4.78 is 13.3. The van der Waals surface area contributed by atoms with Gasteiger partial charge in [0.25, 0.3) is 5.91 Å². The number of carbonyl (C=O) groups is 1. The third-order valence-corrected chi connectivity index (χ3v) is 2.11. The Morgan fingerprint density at radius 3 is 2.75 bits per heavy atom. The van der Waals surface area contributed by atoms with Gasteiger partial charge in [-0.2, -0.15) is 0 Å². The van der Waals surface area contributed by atoms with Gasteiger partial charge in [0.05, 0.1) is 12.2 Å². The molecule has 0 aliphatic heterocycles. The van der Waals surface area contributed by atoms with Gasteiger partial charge in [-0.3, -0.25) is 4.79 Å². The van der Waals surface area contributed by atoms with E-state index in [1.807, 2.05) is 0 Å². The number of halogens is 1. The lowest BCUT2D eigenvalue weighted by atomic mass is 10.2. The predicted octanol–water partition coefficient (Wildman–Crippen LogP) is 1.45. The molecule has 0 saturated heterocycles. The summed E-state index contributed by atoms with van der Waals surface area (Å²) in [6.07, 6.45) is 1.54. The van der Waals surface area contributed by atoms with Crippen LogP contribution < -0.4 is 0 Å². The molecule has 1 aromatic carbocycles. The van der Waals surface area contributed by atoms with E-state index in [1.54, 1.807) is 6.07 Å². The third-order valence-electron chi connectivity index (χ3n) is 2.11. The maximum Gasteiger partial charge on any atom is 0.257 e. The SMILES string of the molecule is C=CCN(CCO)C(=O)c1ccccc1F. The van der Waals surface area contributed by atoms with Gasteiger partial charge < -0.3 is 10.0 Å². The monoisotopic (exact) mass is 223 g/mol. The Kier molecular flexibility index (Phi) is 4.66. The molecule has 3 nitrogen and oxygen atoms in total. The normalized spacial score (nSPS) is 9.88. The number of amides is 1. The number of aliphatic hydroxyl groups excluding tert-OH is 1. The van der Waals surface area contributed by atoms with E-state index in [-0.39, 0.29) is 25.3 Å². The van der Waals surface area contributed by atoms with Gasteiger partial charge in [0.15, 0.2) is 0 Å².